The van der Waals surface area contributed by atoms with Crippen LogP contribution < -0.4 is 5.32 Å². The number of urea groups is 1. The number of nitrogens with one attached hydrogen (secondary N) is 1. The Labute approximate surface area is 160 Å². The normalized spacial score (nSPS) is 23.1. The summed E-state index contributed by atoms with van der Waals surface area (Å²) >= 11 is 5.77. The van der Waals surface area contributed by atoms with Crippen LogP contribution in [0.5, 0.6) is 0 Å². The fourth-order valence-electron chi connectivity index (χ4n) is 3.56. The average molecular weight is 396 g/mol. The highest BCUT2D eigenvalue weighted by Gasteiger charge is 2.49. The lowest BCUT2D eigenvalue weighted by Gasteiger charge is -2.34. The summed E-state index contributed by atoms with van der Waals surface area (Å²) in [6, 6.07) is 2.47. The predicted molar refractivity (Wildman–Crippen MR) is 95.4 cm³/mol. The van der Waals surface area contributed by atoms with E-state index in [2.05, 4.69) is 5.32 Å². The van der Waals surface area contributed by atoms with E-state index in [0.29, 0.717) is 11.3 Å². The summed E-state index contributed by atoms with van der Waals surface area (Å²) in [6.07, 6.45) is 3.39. The van der Waals surface area contributed by atoms with E-state index in [0.717, 1.165) is 30.2 Å². The lowest BCUT2D eigenvalue weighted by atomic mass is 9.85. The molecule has 144 valence electrons. The zero-order valence-corrected chi connectivity index (χ0v) is 15.5. The highest BCUT2D eigenvalue weighted by Crippen LogP contribution is 2.31. The highest BCUT2D eigenvalue weighted by molar-refractivity contribution is 6.45. The van der Waals surface area contributed by atoms with Crippen LogP contribution in [0.1, 0.15) is 32.6 Å². The molecule has 1 heterocycles. The Morgan fingerprint density at radius 3 is 2.63 bits per heavy atom. The molecule has 1 saturated heterocycles. The van der Waals surface area contributed by atoms with Crippen LogP contribution in [0.4, 0.5) is 14.9 Å². The molecule has 0 radical (unpaired) electrons. The van der Waals surface area contributed by atoms with Crippen molar-refractivity contribution in [1.29, 1.82) is 0 Å². The molecular weight excluding hydrogens is 377 g/mol. The van der Waals surface area contributed by atoms with Gasteiger partial charge in [-0.2, -0.15) is 0 Å². The molecule has 1 aromatic rings. The second-order valence-electron chi connectivity index (χ2n) is 6.85. The van der Waals surface area contributed by atoms with Crippen molar-refractivity contribution in [1.82, 2.24) is 9.80 Å². The highest BCUT2D eigenvalue weighted by atomic mass is 35.5. The molecule has 2 aliphatic rings. The van der Waals surface area contributed by atoms with Crippen molar-refractivity contribution in [3.8, 4) is 0 Å². The molecule has 27 heavy (non-hydrogen) atoms. The molecule has 7 nitrogen and oxygen atoms in total. The smallest absolute Gasteiger partial charge is 0.322 e. The van der Waals surface area contributed by atoms with Crippen molar-refractivity contribution in [2.75, 3.05) is 11.9 Å². The number of amides is 5. The molecule has 1 aromatic carbocycles. The van der Waals surface area contributed by atoms with Crippen LogP contribution in [-0.2, 0) is 14.4 Å². The Morgan fingerprint density at radius 1 is 1.22 bits per heavy atom. The summed E-state index contributed by atoms with van der Waals surface area (Å²) in [6.45, 7) is 1.26. The van der Waals surface area contributed by atoms with E-state index in [1.807, 2.05) is 6.92 Å². The van der Waals surface area contributed by atoms with E-state index in [9.17, 15) is 23.6 Å². The molecule has 1 aliphatic heterocycles. The van der Waals surface area contributed by atoms with Crippen LogP contribution in [0.2, 0.25) is 5.02 Å². The maximum atomic E-state index is 13.7. The lowest BCUT2D eigenvalue weighted by Crippen LogP contribution is -2.46. The molecule has 0 unspecified atom stereocenters. The fraction of sp³-hybridized carbons (Fsp3) is 0.444. The molecule has 1 N–H and O–H groups in total. The predicted octanol–water partition coefficient (Wildman–Crippen LogP) is 2.79. The minimum absolute atomic E-state index is 0.0915. The summed E-state index contributed by atoms with van der Waals surface area (Å²) in [4.78, 5) is 50.9. The summed E-state index contributed by atoms with van der Waals surface area (Å²) in [5, 5.41) is 2.48. The van der Waals surface area contributed by atoms with E-state index in [-0.39, 0.29) is 22.7 Å². The van der Waals surface area contributed by atoms with Gasteiger partial charge < -0.3 is 5.32 Å². The van der Waals surface area contributed by atoms with Crippen molar-refractivity contribution in [3.05, 3.63) is 29.0 Å². The van der Waals surface area contributed by atoms with Gasteiger partial charge in [-0.3, -0.25) is 19.3 Å². The SMILES string of the molecule is C[C@H]1CCCC[C@@H]1N1C(=O)C(=O)N(CC(=O)Nc2cc(Cl)ccc2F)C1=O. The van der Waals surface area contributed by atoms with Gasteiger partial charge in [0.25, 0.3) is 0 Å². The number of imide groups is 2. The molecule has 0 bridgehead atoms. The summed E-state index contributed by atoms with van der Waals surface area (Å²) in [5.41, 5.74) is -0.171. The maximum Gasteiger partial charge on any atom is 0.334 e. The molecule has 2 fully saturated rings. The first kappa shape index (κ1) is 19.3. The van der Waals surface area contributed by atoms with Crippen molar-refractivity contribution in [2.45, 2.75) is 38.6 Å². The quantitative estimate of drug-likeness (QED) is 0.627. The third-order valence-corrected chi connectivity index (χ3v) is 5.22. The first-order chi connectivity index (χ1) is 12.8. The van der Waals surface area contributed by atoms with Crippen molar-refractivity contribution in [2.24, 2.45) is 5.92 Å². The van der Waals surface area contributed by atoms with Crippen LogP contribution in [-0.4, -0.2) is 46.1 Å². The Hall–Kier alpha value is -2.48. The number of anilines is 1. The molecule has 9 heteroatoms. The van der Waals surface area contributed by atoms with E-state index in [1.165, 1.54) is 12.1 Å². The first-order valence-corrected chi connectivity index (χ1v) is 9.11. The number of hydrogen-bond acceptors (Lipinski definition) is 4. The van der Waals surface area contributed by atoms with Gasteiger partial charge in [-0.05, 0) is 37.0 Å². The van der Waals surface area contributed by atoms with Crippen LogP contribution in [0, 0.1) is 11.7 Å². The second-order valence-corrected chi connectivity index (χ2v) is 7.29. The van der Waals surface area contributed by atoms with Crippen molar-refractivity contribution in [3.63, 3.8) is 0 Å². The number of carbonyl (C=O) groups is 4. The standard InChI is InChI=1S/C18H19ClFN3O4/c1-10-4-2-3-5-14(10)23-17(26)16(25)22(18(23)27)9-15(24)21-13-8-11(19)6-7-12(13)20/h6-8,10,14H,2-5,9H2,1H3,(H,21,24)/t10-,14-/m0/s1. The first-order valence-electron chi connectivity index (χ1n) is 8.73. The third-order valence-electron chi connectivity index (χ3n) is 4.99. The number of benzene rings is 1. The minimum Gasteiger partial charge on any atom is -0.322 e. The summed E-state index contributed by atoms with van der Waals surface area (Å²) in [5.74, 6) is -3.38. The van der Waals surface area contributed by atoms with E-state index in [1.54, 1.807) is 0 Å². The van der Waals surface area contributed by atoms with Crippen LogP contribution >= 0.6 is 11.6 Å². The Kier molecular flexibility index (Phi) is 5.46. The van der Waals surface area contributed by atoms with Crippen molar-refractivity contribution < 1.29 is 23.6 Å². The van der Waals surface area contributed by atoms with Gasteiger partial charge in [0.15, 0.2) is 0 Å². The molecule has 3 rings (SSSR count). The van der Waals surface area contributed by atoms with E-state index in [4.69, 9.17) is 11.6 Å². The van der Waals surface area contributed by atoms with Crippen LogP contribution in [0.25, 0.3) is 0 Å². The van der Waals surface area contributed by atoms with E-state index >= 15 is 0 Å². The molecule has 0 aromatic heterocycles. The number of carbonyl (C=O) groups excluding carboxylic acids is 4. The second kappa shape index (κ2) is 7.64. The monoisotopic (exact) mass is 395 g/mol. The minimum atomic E-state index is -1.04. The third kappa shape index (κ3) is 3.80. The zero-order chi connectivity index (χ0) is 19.7. The molecule has 1 aliphatic carbocycles. The Morgan fingerprint density at radius 2 is 1.93 bits per heavy atom. The molecule has 1 saturated carbocycles. The molecule has 5 amide bonds. The Balaban J connectivity index is 1.72. The zero-order valence-electron chi connectivity index (χ0n) is 14.7. The van der Waals surface area contributed by atoms with Gasteiger partial charge in [0.2, 0.25) is 5.91 Å². The van der Waals surface area contributed by atoms with Gasteiger partial charge in [0, 0.05) is 11.1 Å². The average Bonchev–Trinajstić information content (AvgIpc) is 2.82. The van der Waals surface area contributed by atoms with Gasteiger partial charge >= 0.3 is 17.8 Å². The summed E-state index contributed by atoms with van der Waals surface area (Å²) < 4.78 is 13.7. The van der Waals surface area contributed by atoms with E-state index < -0.39 is 36.1 Å². The number of nitrogens with zero attached hydrogens (tertiary/aromatic N) is 2. The van der Waals surface area contributed by atoms with Gasteiger partial charge in [0.1, 0.15) is 12.4 Å². The van der Waals surface area contributed by atoms with Crippen LogP contribution in [0.15, 0.2) is 18.2 Å². The van der Waals surface area contributed by atoms with Crippen LogP contribution in [0.3, 0.4) is 0 Å². The largest absolute Gasteiger partial charge is 0.334 e. The van der Waals surface area contributed by atoms with Gasteiger partial charge in [-0.25, -0.2) is 14.1 Å². The fourth-order valence-corrected chi connectivity index (χ4v) is 3.73. The van der Waals surface area contributed by atoms with Gasteiger partial charge in [-0.1, -0.05) is 31.4 Å². The maximum absolute atomic E-state index is 13.7. The topological polar surface area (TPSA) is 86.8 Å². The Bertz CT molecular complexity index is 816. The molecule has 0 spiro atoms. The van der Waals surface area contributed by atoms with Crippen molar-refractivity contribution >= 4 is 41.0 Å². The number of halogens is 2. The lowest BCUT2D eigenvalue weighted by molar-refractivity contribution is -0.145. The molecule has 2 atom stereocenters. The summed E-state index contributed by atoms with van der Waals surface area (Å²) in [7, 11) is 0. The van der Waals surface area contributed by atoms with Gasteiger partial charge in [0.05, 0.1) is 5.69 Å². The number of hydrogen-bond donors (Lipinski definition) is 1. The molecular formula is C18H19ClFN3O4. The number of rotatable bonds is 4. The van der Waals surface area contributed by atoms with Gasteiger partial charge in [-0.15, -0.1) is 0 Å².